The number of carbonyl (C=O) groups is 1. The summed E-state index contributed by atoms with van der Waals surface area (Å²) in [7, 11) is 0. The summed E-state index contributed by atoms with van der Waals surface area (Å²) in [5.74, 6) is 0.259. The van der Waals surface area contributed by atoms with Gasteiger partial charge in [-0.25, -0.2) is 10.4 Å². The SMILES string of the molecule is O=C(N/N=C/c1c(Cl)cccc1Cl)c1ccc2nc(-c3ccccc3Cl)[nH]c2c1. The van der Waals surface area contributed by atoms with Crippen molar-refractivity contribution in [2.75, 3.05) is 0 Å². The third-order valence-corrected chi connectivity index (χ3v) is 5.22. The van der Waals surface area contributed by atoms with E-state index in [1.807, 2.05) is 18.2 Å². The number of benzene rings is 3. The number of amides is 1. The number of aromatic nitrogens is 2. The van der Waals surface area contributed by atoms with E-state index in [0.717, 1.165) is 11.1 Å². The predicted molar refractivity (Wildman–Crippen MR) is 118 cm³/mol. The van der Waals surface area contributed by atoms with Gasteiger partial charge in [0.2, 0.25) is 0 Å². The van der Waals surface area contributed by atoms with Crippen LogP contribution in [0.1, 0.15) is 15.9 Å². The number of H-pyrrole nitrogens is 1. The fraction of sp³-hybridized carbons (Fsp3) is 0. The fourth-order valence-corrected chi connectivity index (χ4v) is 3.51. The maximum absolute atomic E-state index is 12.4. The minimum Gasteiger partial charge on any atom is -0.338 e. The maximum Gasteiger partial charge on any atom is 0.271 e. The summed E-state index contributed by atoms with van der Waals surface area (Å²) in [4.78, 5) is 20.2. The molecule has 0 saturated carbocycles. The van der Waals surface area contributed by atoms with Crippen molar-refractivity contribution in [1.29, 1.82) is 0 Å². The number of nitrogens with one attached hydrogen (secondary N) is 2. The Morgan fingerprint density at radius 2 is 1.69 bits per heavy atom. The van der Waals surface area contributed by atoms with E-state index < -0.39 is 0 Å². The Labute approximate surface area is 181 Å². The molecule has 1 aromatic heterocycles. The molecule has 0 fully saturated rings. The highest BCUT2D eigenvalue weighted by Gasteiger charge is 2.11. The van der Waals surface area contributed by atoms with Crippen molar-refractivity contribution in [1.82, 2.24) is 15.4 Å². The van der Waals surface area contributed by atoms with Crippen LogP contribution in [0.2, 0.25) is 15.1 Å². The van der Waals surface area contributed by atoms with Crippen LogP contribution < -0.4 is 5.43 Å². The highest BCUT2D eigenvalue weighted by molar-refractivity contribution is 6.38. The number of hydrogen-bond acceptors (Lipinski definition) is 3. The summed E-state index contributed by atoms with van der Waals surface area (Å²) >= 11 is 18.4. The molecule has 0 atom stereocenters. The first-order valence-electron chi connectivity index (χ1n) is 8.55. The number of hydrazone groups is 1. The summed E-state index contributed by atoms with van der Waals surface area (Å²) in [6.45, 7) is 0. The van der Waals surface area contributed by atoms with Crippen LogP contribution in [0, 0.1) is 0 Å². The zero-order valence-corrected chi connectivity index (χ0v) is 17.1. The monoisotopic (exact) mass is 442 g/mol. The summed E-state index contributed by atoms with van der Waals surface area (Å²) < 4.78 is 0. The van der Waals surface area contributed by atoms with Crippen molar-refractivity contribution < 1.29 is 4.79 Å². The van der Waals surface area contributed by atoms with Crippen LogP contribution in [0.4, 0.5) is 0 Å². The normalized spacial score (nSPS) is 11.3. The van der Waals surface area contributed by atoms with E-state index in [1.165, 1.54) is 6.21 Å². The van der Waals surface area contributed by atoms with Gasteiger partial charge in [-0.05, 0) is 42.5 Å². The molecule has 0 aliphatic rings. The number of rotatable bonds is 4. The van der Waals surface area contributed by atoms with E-state index in [-0.39, 0.29) is 5.91 Å². The van der Waals surface area contributed by atoms with Crippen LogP contribution in [0.15, 0.2) is 65.8 Å². The molecule has 0 saturated heterocycles. The van der Waals surface area contributed by atoms with Crippen LogP contribution >= 0.6 is 34.8 Å². The fourth-order valence-electron chi connectivity index (χ4n) is 2.79. The second kappa shape index (κ2) is 8.25. The molecular weight excluding hydrogens is 431 g/mol. The number of hydrogen-bond donors (Lipinski definition) is 2. The molecule has 2 N–H and O–H groups in total. The Bertz CT molecular complexity index is 1230. The molecule has 4 rings (SSSR count). The molecule has 0 unspecified atom stereocenters. The number of imidazole rings is 1. The Morgan fingerprint density at radius 3 is 2.45 bits per heavy atom. The minimum absolute atomic E-state index is 0.375. The summed E-state index contributed by atoms with van der Waals surface area (Å²) in [6.07, 6.45) is 1.41. The Kier molecular flexibility index (Phi) is 5.53. The van der Waals surface area contributed by atoms with Crippen molar-refractivity contribution in [3.63, 3.8) is 0 Å². The summed E-state index contributed by atoms with van der Waals surface area (Å²) in [5.41, 5.74) is 5.66. The van der Waals surface area contributed by atoms with Gasteiger partial charge in [-0.2, -0.15) is 5.10 Å². The molecule has 0 radical (unpaired) electrons. The minimum atomic E-state index is -0.375. The van der Waals surface area contributed by atoms with Gasteiger partial charge in [0.15, 0.2) is 0 Å². The Morgan fingerprint density at radius 1 is 0.966 bits per heavy atom. The topological polar surface area (TPSA) is 70.1 Å². The maximum atomic E-state index is 12.4. The van der Waals surface area contributed by atoms with Crippen LogP contribution in [-0.2, 0) is 0 Å². The lowest BCUT2D eigenvalue weighted by Gasteiger charge is -2.02. The lowest BCUT2D eigenvalue weighted by molar-refractivity contribution is 0.0955. The molecule has 1 heterocycles. The lowest BCUT2D eigenvalue weighted by Crippen LogP contribution is -2.17. The van der Waals surface area contributed by atoms with Crippen molar-refractivity contribution in [3.05, 3.63) is 86.9 Å². The molecule has 0 bridgehead atoms. The van der Waals surface area contributed by atoms with E-state index in [4.69, 9.17) is 34.8 Å². The van der Waals surface area contributed by atoms with E-state index in [1.54, 1.807) is 42.5 Å². The van der Waals surface area contributed by atoms with Crippen LogP contribution in [0.5, 0.6) is 0 Å². The zero-order chi connectivity index (χ0) is 20.4. The Hall–Kier alpha value is -2.86. The van der Waals surface area contributed by atoms with Crippen molar-refractivity contribution in [2.24, 2.45) is 5.10 Å². The molecule has 3 aromatic carbocycles. The first-order chi connectivity index (χ1) is 14.0. The van der Waals surface area contributed by atoms with Crippen molar-refractivity contribution in [2.45, 2.75) is 0 Å². The van der Waals surface area contributed by atoms with Crippen LogP contribution in [0.25, 0.3) is 22.4 Å². The van der Waals surface area contributed by atoms with Crippen molar-refractivity contribution >= 4 is 58.0 Å². The largest absolute Gasteiger partial charge is 0.338 e. The number of carbonyl (C=O) groups excluding carboxylic acids is 1. The Balaban J connectivity index is 1.55. The summed E-state index contributed by atoms with van der Waals surface area (Å²) in [5, 5.41) is 5.43. The quantitative estimate of drug-likeness (QED) is 0.302. The van der Waals surface area contributed by atoms with E-state index in [0.29, 0.717) is 37.5 Å². The predicted octanol–water partition coefficient (Wildman–Crippen LogP) is 5.95. The van der Waals surface area contributed by atoms with Gasteiger partial charge < -0.3 is 4.98 Å². The number of nitrogens with zero attached hydrogens (tertiary/aromatic N) is 2. The molecule has 144 valence electrons. The highest BCUT2D eigenvalue weighted by atomic mass is 35.5. The number of halogens is 3. The second-order valence-electron chi connectivity index (χ2n) is 6.13. The highest BCUT2D eigenvalue weighted by Crippen LogP contribution is 2.27. The first-order valence-corrected chi connectivity index (χ1v) is 9.68. The van der Waals surface area contributed by atoms with E-state index >= 15 is 0 Å². The number of aromatic amines is 1. The van der Waals surface area contributed by atoms with Gasteiger partial charge in [0.05, 0.1) is 32.3 Å². The van der Waals surface area contributed by atoms with Gasteiger partial charge in [0.25, 0.3) is 5.91 Å². The smallest absolute Gasteiger partial charge is 0.271 e. The third-order valence-electron chi connectivity index (χ3n) is 4.23. The van der Waals surface area contributed by atoms with E-state index in [9.17, 15) is 4.79 Å². The lowest BCUT2D eigenvalue weighted by atomic mass is 10.2. The zero-order valence-electron chi connectivity index (χ0n) is 14.8. The van der Waals surface area contributed by atoms with Gasteiger partial charge in [-0.3, -0.25) is 4.79 Å². The van der Waals surface area contributed by atoms with Crippen molar-refractivity contribution in [3.8, 4) is 11.4 Å². The molecule has 5 nitrogen and oxygen atoms in total. The van der Waals surface area contributed by atoms with Crippen LogP contribution in [0.3, 0.4) is 0 Å². The van der Waals surface area contributed by atoms with Gasteiger partial charge in [-0.1, -0.05) is 53.0 Å². The second-order valence-corrected chi connectivity index (χ2v) is 7.35. The molecule has 8 heteroatoms. The van der Waals surface area contributed by atoms with E-state index in [2.05, 4.69) is 20.5 Å². The van der Waals surface area contributed by atoms with Crippen LogP contribution in [-0.4, -0.2) is 22.1 Å². The average Bonchev–Trinajstić information content (AvgIpc) is 3.13. The molecule has 0 aliphatic carbocycles. The van der Waals surface area contributed by atoms with Gasteiger partial charge in [-0.15, -0.1) is 0 Å². The molecule has 29 heavy (non-hydrogen) atoms. The molecule has 4 aromatic rings. The third kappa shape index (κ3) is 4.12. The molecular formula is C21H13Cl3N4O. The van der Waals surface area contributed by atoms with Gasteiger partial charge >= 0.3 is 0 Å². The first kappa shape index (κ1) is 19.5. The average molecular weight is 444 g/mol. The standard InChI is InChI=1S/C21H13Cl3N4O/c22-15-5-2-1-4-13(15)20-26-18-9-8-12(10-19(18)27-20)21(29)28-25-11-14-16(23)6-3-7-17(14)24/h1-11H,(H,26,27)(H,28,29)/b25-11+. The van der Waals surface area contributed by atoms with Gasteiger partial charge in [0.1, 0.15) is 5.82 Å². The van der Waals surface area contributed by atoms with Gasteiger partial charge in [0, 0.05) is 16.7 Å². The molecule has 1 amide bonds. The summed E-state index contributed by atoms with van der Waals surface area (Å²) in [6, 6.07) is 17.7. The number of fused-ring (bicyclic) bond motifs is 1. The molecule has 0 aliphatic heterocycles. The molecule has 0 spiro atoms.